The first-order valence-electron chi connectivity index (χ1n) is 7.65. The average molecular weight is 341 g/mol. The van der Waals surface area contributed by atoms with E-state index in [1.807, 2.05) is 48.7 Å². The number of amides is 1. The van der Waals surface area contributed by atoms with E-state index in [-0.39, 0.29) is 11.9 Å². The highest BCUT2D eigenvalue weighted by molar-refractivity contribution is 6.30. The highest BCUT2D eigenvalue weighted by Gasteiger charge is 2.18. The largest absolute Gasteiger partial charge is 0.344 e. The van der Waals surface area contributed by atoms with Gasteiger partial charge in [-0.05, 0) is 35.9 Å². The molecule has 0 saturated heterocycles. The Morgan fingerprint density at radius 1 is 1.17 bits per heavy atom. The second-order valence-corrected chi connectivity index (χ2v) is 5.77. The molecule has 1 aromatic carbocycles. The fourth-order valence-electron chi connectivity index (χ4n) is 2.44. The highest BCUT2D eigenvalue weighted by atomic mass is 35.5. The molecule has 0 aliphatic rings. The Morgan fingerprint density at radius 2 is 2.08 bits per heavy atom. The van der Waals surface area contributed by atoms with Crippen LogP contribution < -0.4 is 5.32 Å². The SMILES string of the molecule is O=C(CCn1cccn1)N[C@H](c1cccc(Cl)c1)c1ccccn1. The van der Waals surface area contributed by atoms with E-state index < -0.39 is 0 Å². The van der Waals surface area contributed by atoms with E-state index in [9.17, 15) is 4.79 Å². The van der Waals surface area contributed by atoms with Crippen LogP contribution in [0.3, 0.4) is 0 Å². The van der Waals surface area contributed by atoms with Gasteiger partial charge in [0.25, 0.3) is 0 Å². The third kappa shape index (κ3) is 4.20. The third-order valence-corrected chi connectivity index (χ3v) is 3.83. The summed E-state index contributed by atoms with van der Waals surface area (Å²) in [6.45, 7) is 0.531. The minimum absolute atomic E-state index is 0.0684. The second kappa shape index (κ2) is 7.75. The first-order chi connectivity index (χ1) is 11.7. The lowest BCUT2D eigenvalue weighted by molar-refractivity contribution is -0.121. The Labute approximate surface area is 145 Å². The van der Waals surface area contributed by atoms with Crippen LogP contribution in [-0.2, 0) is 11.3 Å². The molecule has 122 valence electrons. The van der Waals surface area contributed by atoms with Crippen molar-refractivity contribution in [2.45, 2.75) is 19.0 Å². The lowest BCUT2D eigenvalue weighted by atomic mass is 10.0. The molecular weight excluding hydrogens is 324 g/mol. The topological polar surface area (TPSA) is 59.8 Å². The zero-order valence-electron chi connectivity index (χ0n) is 13.0. The van der Waals surface area contributed by atoms with E-state index in [2.05, 4.69) is 15.4 Å². The molecule has 0 unspecified atom stereocenters. The van der Waals surface area contributed by atoms with E-state index in [4.69, 9.17) is 11.6 Å². The van der Waals surface area contributed by atoms with Crippen molar-refractivity contribution in [3.05, 3.63) is 83.4 Å². The predicted molar refractivity (Wildman–Crippen MR) is 92.5 cm³/mol. The van der Waals surface area contributed by atoms with Crippen LogP contribution in [0.2, 0.25) is 5.02 Å². The van der Waals surface area contributed by atoms with Crippen LogP contribution in [0.1, 0.15) is 23.7 Å². The first kappa shape index (κ1) is 16.2. The summed E-state index contributed by atoms with van der Waals surface area (Å²) in [6.07, 6.45) is 5.58. The van der Waals surface area contributed by atoms with Crippen molar-refractivity contribution < 1.29 is 4.79 Å². The van der Waals surface area contributed by atoms with Gasteiger partial charge in [-0.1, -0.05) is 29.8 Å². The second-order valence-electron chi connectivity index (χ2n) is 5.33. The van der Waals surface area contributed by atoms with Crippen molar-refractivity contribution in [3.63, 3.8) is 0 Å². The van der Waals surface area contributed by atoms with Gasteiger partial charge in [0, 0.05) is 36.6 Å². The maximum Gasteiger partial charge on any atom is 0.222 e. The molecule has 1 atom stereocenters. The van der Waals surface area contributed by atoms with Gasteiger partial charge in [-0.25, -0.2) is 0 Å². The van der Waals surface area contributed by atoms with Crippen LogP contribution >= 0.6 is 11.6 Å². The van der Waals surface area contributed by atoms with E-state index >= 15 is 0 Å². The van der Waals surface area contributed by atoms with E-state index in [0.29, 0.717) is 18.0 Å². The summed E-state index contributed by atoms with van der Waals surface area (Å²) in [7, 11) is 0. The number of nitrogens with one attached hydrogen (secondary N) is 1. The molecule has 0 radical (unpaired) electrons. The van der Waals surface area contributed by atoms with E-state index in [1.54, 1.807) is 23.1 Å². The number of carbonyl (C=O) groups is 1. The number of aryl methyl sites for hydroxylation is 1. The summed E-state index contributed by atoms with van der Waals surface area (Å²) >= 11 is 6.10. The van der Waals surface area contributed by atoms with Crippen LogP contribution in [-0.4, -0.2) is 20.7 Å². The molecule has 3 rings (SSSR count). The molecule has 5 nitrogen and oxygen atoms in total. The van der Waals surface area contributed by atoms with Crippen LogP contribution in [0.5, 0.6) is 0 Å². The Kier molecular flexibility index (Phi) is 5.23. The van der Waals surface area contributed by atoms with Crippen LogP contribution in [0, 0.1) is 0 Å². The molecular formula is C18H17ClN4O. The molecule has 0 bridgehead atoms. The predicted octanol–water partition coefficient (Wildman–Crippen LogP) is 3.23. The summed E-state index contributed by atoms with van der Waals surface area (Å²) in [6, 6.07) is 14.6. The number of benzene rings is 1. The van der Waals surface area contributed by atoms with Crippen molar-refractivity contribution in [2.24, 2.45) is 0 Å². The van der Waals surface area contributed by atoms with Gasteiger partial charge in [0.2, 0.25) is 5.91 Å². The fourth-order valence-corrected chi connectivity index (χ4v) is 2.64. The molecule has 1 N–H and O–H groups in total. The number of carbonyl (C=O) groups excluding carboxylic acids is 1. The number of nitrogens with zero attached hydrogens (tertiary/aromatic N) is 3. The van der Waals surface area contributed by atoms with Crippen LogP contribution in [0.25, 0.3) is 0 Å². The molecule has 2 aromatic heterocycles. The van der Waals surface area contributed by atoms with Gasteiger partial charge in [-0.3, -0.25) is 14.5 Å². The minimum atomic E-state index is -0.338. The molecule has 24 heavy (non-hydrogen) atoms. The van der Waals surface area contributed by atoms with Crippen molar-refractivity contribution in [3.8, 4) is 0 Å². The molecule has 0 saturated carbocycles. The Hall–Kier alpha value is -2.66. The lowest BCUT2D eigenvalue weighted by Gasteiger charge is -2.19. The lowest BCUT2D eigenvalue weighted by Crippen LogP contribution is -2.30. The van der Waals surface area contributed by atoms with Crippen LogP contribution in [0.4, 0.5) is 0 Å². The Balaban J connectivity index is 1.76. The standard InChI is InChI=1S/C18H17ClN4O/c19-15-6-3-5-14(13-15)18(16-7-1-2-9-20-16)22-17(24)8-12-23-11-4-10-21-23/h1-7,9-11,13,18H,8,12H2,(H,22,24)/t18-/m1/s1. The summed E-state index contributed by atoms with van der Waals surface area (Å²) in [5.41, 5.74) is 1.67. The minimum Gasteiger partial charge on any atom is -0.344 e. The van der Waals surface area contributed by atoms with Gasteiger partial charge in [0.1, 0.15) is 0 Å². The summed E-state index contributed by atoms with van der Waals surface area (Å²) in [5.74, 6) is -0.0684. The maximum absolute atomic E-state index is 12.4. The maximum atomic E-state index is 12.4. The summed E-state index contributed by atoms with van der Waals surface area (Å²) in [5, 5.41) is 7.76. The molecule has 3 aromatic rings. The van der Waals surface area contributed by atoms with Crippen molar-refractivity contribution in [1.29, 1.82) is 0 Å². The summed E-state index contributed by atoms with van der Waals surface area (Å²) < 4.78 is 1.73. The normalized spacial score (nSPS) is 11.9. The quantitative estimate of drug-likeness (QED) is 0.749. The van der Waals surface area contributed by atoms with Gasteiger partial charge >= 0.3 is 0 Å². The number of pyridine rings is 1. The monoisotopic (exact) mass is 340 g/mol. The van der Waals surface area contributed by atoms with Gasteiger partial charge in [0.05, 0.1) is 11.7 Å². The van der Waals surface area contributed by atoms with Crippen LogP contribution in [0.15, 0.2) is 67.1 Å². The van der Waals surface area contributed by atoms with Crippen molar-refractivity contribution in [2.75, 3.05) is 0 Å². The fraction of sp³-hybridized carbons (Fsp3) is 0.167. The molecule has 0 aliphatic heterocycles. The first-order valence-corrected chi connectivity index (χ1v) is 8.03. The molecule has 0 spiro atoms. The van der Waals surface area contributed by atoms with Gasteiger partial charge in [-0.15, -0.1) is 0 Å². The van der Waals surface area contributed by atoms with Crippen molar-refractivity contribution in [1.82, 2.24) is 20.1 Å². The van der Waals surface area contributed by atoms with Gasteiger partial charge in [-0.2, -0.15) is 5.10 Å². The van der Waals surface area contributed by atoms with Gasteiger partial charge in [0.15, 0.2) is 0 Å². The van der Waals surface area contributed by atoms with E-state index in [0.717, 1.165) is 11.3 Å². The zero-order chi connectivity index (χ0) is 16.8. The number of aromatic nitrogens is 3. The highest BCUT2D eigenvalue weighted by Crippen LogP contribution is 2.23. The van der Waals surface area contributed by atoms with Crippen molar-refractivity contribution >= 4 is 17.5 Å². The van der Waals surface area contributed by atoms with E-state index in [1.165, 1.54) is 0 Å². The molecule has 0 aliphatic carbocycles. The zero-order valence-corrected chi connectivity index (χ0v) is 13.7. The molecule has 1 amide bonds. The number of halogens is 1. The molecule has 0 fully saturated rings. The Bertz CT molecular complexity index is 790. The molecule has 2 heterocycles. The Morgan fingerprint density at radius 3 is 2.79 bits per heavy atom. The van der Waals surface area contributed by atoms with Gasteiger partial charge < -0.3 is 5.32 Å². The number of hydrogen-bond acceptors (Lipinski definition) is 3. The smallest absolute Gasteiger partial charge is 0.222 e. The number of hydrogen-bond donors (Lipinski definition) is 1. The summed E-state index contributed by atoms with van der Waals surface area (Å²) in [4.78, 5) is 16.7. The third-order valence-electron chi connectivity index (χ3n) is 3.60. The average Bonchev–Trinajstić information content (AvgIpc) is 3.12. The number of rotatable bonds is 6. The molecule has 6 heteroatoms.